The molecule has 2 heterocycles. The summed E-state index contributed by atoms with van der Waals surface area (Å²) in [5.74, 6) is -0.932. The highest BCUT2D eigenvalue weighted by molar-refractivity contribution is 7.22. The number of thiophene rings is 1. The lowest BCUT2D eigenvalue weighted by Gasteiger charge is -1.90. The molecule has 18 heavy (non-hydrogen) atoms. The third kappa shape index (κ3) is 1.80. The Balaban J connectivity index is 2.10. The summed E-state index contributed by atoms with van der Waals surface area (Å²) in [6.45, 7) is 2.07. The van der Waals surface area contributed by atoms with Crippen molar-refractivity contribution in [3.05, 3.63) is 47.7 Å². The largest absolute Gasteiger partial charge is 0.477 e. The van der Waals surface area contributed by atoms with Crippen LogP contribution in [0.1, 0.15) is 16.1 Å². The summed E-state index contributed by atoms with van der Waals surface area (Å²) in [7, 11) is 0. The van der Waals surface area contributed by atoms with E-state index in [4.69, 9.17) is 5.11 Å². The van der Waals surface area contributed by atoms with Crippen LogP contribution >= 0.6 is 11.3 Å². The number of carboxylic acids is 1. The number of aryl methyl sites for hydroxylation is 1. The Bertz CT molecular complexity index is 739. The van der Waals surface area contributed by atoms with Gasteiger partial charge in [0.2, 0.25) is 0 Å². The van der Waals surface area contributed by atoms with Crippen LogP contribution in [0, 0.1) is 6.92 Å². The number of benzene rings is 1. The van der Waals surface area contributed by atoms with Crippen LogP contribution in [0.2, 0.25) is 0 Å². The van der Waals surface area contributed by atoms with Crippen LogP contribution in [0.15, 0.2) is 36.4 Å². The van der Waals surface area contributed by atoms with Crippen molar-refractivity contribution in [1.82, 2.24) is 4.98 Å². The number of carboxylic acid groups (broad SMARTS) is 1. The molecule has 0 amide bonds. The third-order valence-corrected chi connectivity index (χ3v) is 3.99. The molecule has 0 aliphatic heterocycles. The van der Waals surface area contributed by atoms with Crippen molar-refractivity contribution in [3.63, 3.8) is 0 Å². The van der Waals surface area contributed by atoms with Gasteiger partial charge < -0.3 is 10.1 Å². The maximum absolute atomic E-state index is 10.8. The fourth-order valence-corrected chi connectivity index (χ4v) is 3.08. The maximum atomic E-state index is 10.8. The van der Waals surface area contributed by atoms with Gasteiger partial charge in [0, 0.05) is 4.70 Å². The zero-order valence-electron chi connectivity index (χ0n) is 9.73. The van der Waals surface area contributed by atoms with Gasteiger partial charge in [-0.05, 0) is 42.1 Å². The molecule has 2 N–H and O–H groups in total. The first-order chi connectivity index (χ1) is 8.63. The fraction of sp³-hybridized carbons (Fsp3) is 0.0714. The minimum absolute atomic E-state index is 0.221. The SMILES string of the molecule is Cc1ccc2cc(-c3ccc(C(=O)O)[nH]3)sc2c1. The molecule has 0 radical (unpaired) electrons. The molecule has 4 heteroatoms. The summed E-state index contributed by atoms with van der Waals surface area (Å²) in [6, 6.07) is 11.8. The number of carbonyl (C=O) groups is 1. The first-order valence-corrected chi connectivity index (χ1v) is 6.38. The van der Waals surface area contributed by atoms with Crippen LogP contribution in [0.4, 0.5) is 0 Å². The van der Waals surface area contributed by atoms with Crippen molar-refractivity contribution >= 4 is 27.4 Å². The Hall–Kier alpha value is -2.07. The summed E-state index contributed by atoms with van der Waals surface area (Å²) in [5.41, 5.74) is 2.30. The zero-order chi connectivity index (χ0) is 12.7. The quantitative estimate of drug-likeness (QED) is 0.731. The Morgan fingerprint density at radius 1 is 1.22 bits per heavy atom. The maximum Gasteiger partial charge on any atom is 0.352 e. The van der Waals surface area contributed by atoms with Gasteiger partial charge in [-0.1, -0.05) is 12.1 Å². The summed E-state index contributed by atoms with van der Waals surface area (Å²) >= 11 is 1.67. The van der Waals surface area contributed by atoms with Gasteiger partial charge in [0.15, 0.2) is 0 Å². The second-order valence-corrected chi connectivity index (χ2v) is 5.33. The van der Waals surface area contributed by atoms with Gasteiger partial charge in [-0.3, -0.25) is 0 Å². The number of aromatic nitrogens is 1. The number of rotatable bonds is 2. The Labute approximate surface area is 108 Å². The van der Waals surface area contributed by atoms with Crippen molar-refractivity contribution in [2.75, 3.05) is 0 Å². The molecule has 0 bridgehead atoms. The van der Waals surface area contributed by atoms with E-state index in [0.717, 1.165) is 10.6 Å². The minimum Gasteiger partial charge on any atom is -0.477 e. The van der Waals surface area contributed by atoms with E-state index in [2.05, 4.69) is 36.2 Å². The van der Waals surface area contributed by atoms with Gasteiger partial charge in [0.05, 0.1) is 10.6 Å². The summed E-state index contributed by atoms with van der Waals surface area (Å²) in [6.07, 6.45) is 0. The van der Waals surface area contributed by atoms with Crippen molar-refractivity contribution in [2.24, 2.45) is 0 Å². The van der Waals surface area contributed by atoms with Crippen LogP contribution < -0.4 is 0 Å². The van der Waals surface area contributed by atoms with Crippen molar-refractivity contribution in [1.29, 1.82) is 0 Å². The van der Waals surface area contributed by atoms with Crippen molar-refractivity contribution in [3.8, 4) is 10.6 Å². The molecule has 1 aromatic carbocycles. The van der Waals surface area contributed by atoms with Gasteiger partial charge in [-0.2, -0.15) is 0 Å². The molecular weight excluding hydrogens is 246 g/mol. The van der Waals surface area contributed by atoms with Crippen molar-refractivity contribution < 1.29 is 9.90 Å². The van der Waals surface area contributed by atoms with Gasteiger partial charge in [0.25, 0.3) is 0 Å². The molecule has 0 aliphatic rings. The monoisotopic (exact) mass is 257 g/mol. The number of aromatic carboxylic acids is 1. The Morgan fingerprint density at radius 3 is 2.78 bits per heavy atom. The number of nitrogens with one attached hydrogen (secondary N) is 1. The fourth-order valence-electron chi connectivity index (χ4n) is 1.93. The van der Waals surface area contributed by atoms with Gasteiger partial charge >= 0.3 is 5.97 Å². The average Bonchev–Trinajstić information content (AvgIpc) is 2.93. The van der Waals surface area contributed by atoms with Crippen LogP contribution in [0.3, 0.4) is 0 Å². The summed E-state index contributed by atoms with van der Waals surface area (Å²) < 4.78 is 1.22. The minimum atomic E-state index is -0.932. The molecule has 2 aromatic heterocycles. The lowest BCUT2D eigenvalue weighted by molar-refractivity contribution is 0.0691. The molecule has 90 valence electrons. The molecule has 0 unspecified atom stereocenters. The molecule has 0 spiro atoms. The topological polar surface area (TPSA) is 53.1 Å². The van der Waals surface area contributed by atoms with E-state index in [9.17, 15) is 4.79 Å². The predicted molar refractivity (Wildman–Crippen MR) is 73.3 cm³/mol. The second-order valence-electron chi connectivity index (χ2n) is 4.24. The number of hydrogen-bond acceptors (Lipinski definition) is 2. The molecule has 0 saturated carbocycles. The number of aromatic amines is 1. The number of hydrogen-bond donors (Lipinski definition) is 2. The van der Waals surface area contributed by atoms with E-state index in [1.54, 1.807) is 23.5 Å². The van der Waals surface area contributed by atoms with Crippen molar-refractivity contribution in [2.45, 2.75) is 6.92 Å². The van der Waals surface area contributed by atoms with E-state index < -0.39 is 5.97 Å². The van der Waals surface area contributed by atoms with E-state index in [-0.39, 0.29) is 5.69 Å². The first kappa shape index (κ1) is 11.0. The lowest BCUT2D eigenvalue weighted by atomic mass is 10.2. The Kier molecular flexibility index (Phi) is 2.45. The normalized spacial score (nSPS) is 10.9. The highest BCUT2D eigenvalue weighted by atomic mass is 32.1. The molecule has 0 atom stereocenters. The van der Waals surface area contributed by atoms with Crippen LogP contribution in [0.25, 0.3) is 20.7 Å². The second kappa shape index (κ2) is 3.99. The van der Waals surface area contributed by atoms with Crippen LogP contribution in [0.5, 0.6) is 0 Å². The lowest BCUT2D eigenvalue weighted by Crippen LogP contribution is -1.95. The van der Waals surface area contributed by atoms with E-state index in [1.807, 2.05) is 0 Å². The molecule has 0 saturated heterocycles. The molecular formula is C14H11NO2S. The van der Waals surface area contributed by atoms with E-state index >= 15 is 0 Å². The third-order valence-electron chi connectivity index (χ3n) is 2.86. The zero-order valence-corrected chi connectivity index (χ0v) is 10.5. The summed E-state index contributed by atoms with van der Waals surface area (Å²) in [4.78, 5) is 14.8. The molecule has 3 aromatic rings. The van der Waals surface area contributed by atoms with Crippen LogP contribution in [-0.2, 0) is 0 Å². The summed E-state index contributed by atoms with van der Waals surface area (Å²) in [5, 5.41) is 10.1. The van der Waals surface area contributed by atoms with Gasteiger partial charge in [-0.25, -0.2) is 4.79 Å². The standard InChI is InChI=1S/C14H11NO2S/c1-8-2-3-9-7-13(18-12(9)6-8)10-4-5-11(15-10)14(16)17/h2-7,15H,1H3,(H,16,17). The average molecular weight is 257 g/mol. The van der Waals surface area contributed by atoms with E-state index in [1.165, 1.54) is 15.6 Å². The first-order valence-electron chi connectivity index (χ1n) is 5.56. The number of H-pyrrole nitrogens is 1. The number of fused-ring (bicyclic) bond motifs is 1. The van der Waals surface area contributed by atoms with Crippen LogP contribution in [-0.4, -0.2) is 16.1 Å². The van der Waals surface area contributed by atoms with Gasteiger partial charge in [0.1, 0.15) is 5.69 Å². The highest BCUT2D eigenvalue weighted by Gasteiger charge is 2.09. The predicted octanol–water partition coefficient (Wildman–Crippen LogP) is 3.90. The molecule has 0 aliphatic carbocycles. The van der Waals surface area contributed by atoms with E-state index in [0.29, 0.717) is 0 Å². The highest BCUT2D eigenvalue weighted by Crippen LogP contribution is 2.33. The molecule has 3 nitrogen and oxygen atoms in total. The molecule has 0 fully saturated rings. The van der Waals surface area contributed by atoms with Gasteiger partial charge in [-0.15, -0.1) is 11.3 Å². The smallest absolute Gasteiger partial charge is 0.352 e. The molecule has 3 rings (SSSR count). The Morgan fingerprint density at radius 2 is 2.06 bits per heavy atom.